The first kappa shape index (κ1) is 13.7. The Kier molecular flexibility index (Phi) is 4.55. The van der Waals surface area contributed by atoms with Gasteiger partial charge in [-0.3, -0.25) is 4.79 Å². The molecule has 1 saturated carbocycles. The minimum Gasteiger partial charge on any atom is -0.395 e. The molecule has 1 aliphatic carbocycles. The van der Waals surface area contributed by atoms with Gasteiger partial charge >= 0.3 is 0 Å². The fourth-order valence-electron chi connectivity index (χ4n) is 2.83. The fraction of sp³-hybridized carbons (Fsp3) is 0.917. The first-order valence-electron chi connectivity index (χ1n) is 6.64. The summed E-state index contributed by atoms with van der Waals surface area (Å²) in [6.07, 6.45) is 2.15. The Morgan fingerprint density at radius 3 is 2.33 bits per heavy atom. The van der Waals surface area contributed by atoms with Crippen molar-refractivity contribution in [2.75, 3.05) is 13.2 Å². The molecule has 104 valence electrons. The van der Waals surface area contributed by atoms with E-state index in [0.29, 0.717) is 0 Å². The summed E-state index contributed by atoms with van der Waals surface area (Å²) >= 11 is 0. The van der Waals surface area contributed by atoms with Gasteiger partial charge in [-0.05, 0) is 12.8 Å². The van der Waals surface area contributed by atoms with E-state index < -0.39 is 24.3 Å². The largest absolute Gasteiger partial charge is 0.395 e. The number of amides is 1. The van der Waals surface area contributed by atoms with Crippen molar-refractivity contribution in [2.45, 2.75) is 50.0 Å². The SMILES string of the molecule is O=C(NC[C@H]1N[C@H](CO)[C@H](O)[C@@H]1O)C1CCCC1. The van der Waals surface area contributed by atoms with Crippen molar-refractivity contribution in [1.29, 1.82) is 0 Å². The second kappa shape index (κ2) is 5.97. The highest BCUT2D eigenvalue weighted by molar-refractivity contribution is 5.78. The van der Waals surface area contributed by atoms with Crippen LogP contribution in [0.15, 0.2) is 0 Å². The van der Waals surface area contributed by atoms with Crippen LogP contribution >= 0.6 is 0 Å². The Bertz CT molecular complexity index is 294. The molecule has 0 aromatic carbocycles. The molecule has 4 atom stereocenters. The summed E-state index contributed by atoms with van der Waals surface area (Å²) in [5.74, 6) is 0.130. The van der Waals surface area contributed by atoms with E-state index in [4.69, 9.17) is 5.11 Å². The third-order valence-corrected chi connectivity index (χ3v) is 4.02. The standard InChI is InChI=1S/C12H22N2O4/c15-6-9-11(17)10(16)8(14-9)5-13-12(18)7-3-1-2-4-7/h7-11,14-17H,1-6H2,(H,13,18)/t8-,9-,10-,11+/m1/s1. The number of hydrogen-bond acceptors (Lipinski definition) is 5. The van der Waals surface area contributed by atoms with E-state index >= 15 is 0 Å². The van der Waals surface area contributed by atoms with Crippen LogP contribution in [0.5, 0.6) is 0 Å². The van der Waals surface area contributed by atoms with Gasteiger partial charge in [-0.25, -0.2) is 0 Å². The maximum atomic E-state index is 11.8. The molecule has 0 spiro atoms. The average Bonchev–Trinajstić information content (AvgIpc) is 2.98. The van der Waals surface area contributed by atoms with E-state index in [-0.39, 0.29) is 25.0 Å². The lowest BCUT2D eigenvalue weighted by Crippen LogP contribution is -2.45. The van der Waals surface area contributed by atoms with Crippen molar-refractivity contribution in [3.63, 3.8) is 0 Å². The van der Waals surface area contributed by atoms with Crippen molar-refractivity contribution < 1.29 is 20.1 Å². The van der Waals surface area contributed by atoms with E-state index in [1.807, 2.05) is 0 Å². The lowest BCUT2D eigenvalue weighted by atomic mass is 10.1. The Labute approximate surface area is 106 Å². The van der Waals surface area contributed by atoms with E-state index in [9.17, 15) is 15.0 Å². The quantitative estimate of drug-likeness (QED) is 0.416. The van der Waals surface area contributed by atoms with Crippen LogP contribution in [0.3, 0.4) is 0 Å². The minimum absolute atomic E-state index is 0.0310. The van der Waals surface area contributed by atoms with Gasteiger partial charge in [0.15, 0.2) is 0 Å². The van der Waals surface area contributed by atoms with Crippen molar-refractivity contribution in [2.24, 2.45) is 5.92 Å². The molecule has 0 aromatic rings. The molecule has 18 heavy (non-hydrogen) atoms. The molecule has 1 saturated heterocycles. The number of nitrogens with one attached hydrogen (secondary N) is 2. The molecule has 1 aliphatic heterocycles. The zero-order valence-corrected chi connectivity index (χ0v) is 10.4. The fourth-order valence-corrected chi connectivity index (χ4v) is 2.83. The number of hydrogen-bond donors (Lipinski definition) is 5. The van der Waals surface area contributed by atoms with Gasteiger partial charge in [-0.1, -0.05) is 12.8 Å². The summed E-state index contributed by atoms with van der Waals surface area (Å²) in [5.41, 5.74) is 0. The smallest absolute Gasteiger partial charge is 0.223 e. The van der Waals surface area contributed by atoms with Crippen molar-refractivity contribution >= 4 is 5.91 Å². The van der Waals surface area contributed by atoms with Crippen LogP contribution in [0.4, 0.5) is 0 Å². The molecule has 0 radical (unpaired) electrons. The van der Waals surface area contributed by atoms with Gasteiger partial charge in [0.1, 0.15) is 0 Å². The van der Waals surface area contributed by atoms with Crippen LogP contribution in [-0.4, -0.2) is 58.7 Å². The van der Waals surface area contributed by atoms with Crippen molar-refractivity contribution in [3.8, 4) is 0 Å². The van der Waals surface area contributed by atoms with Crippen molar-refractivity contribution in [3.05, 3.63) is 0 Å². The summed E-state index contributed by atoms with van der Waals surface area (Å²) in [6.45, 7) is 0.0510. The topological polar surface area (TPSA) is 102 Å². The second-order valence-electron chi connectivity index (χ2n) is 5.27. The predicted octanol–water partition coefficient (Wildman–Crippen LogP) is -1.65. The first-order valence-corrected chi connectivity index (χ1v) is 6.64. The maximum absolute atomic E-state index is 11.8. The molecular formula is C12H22N2O4. The second-order valence-corrected chi connectivity index (χ2v) is 5.27. The molecule has 2 rings (SSSR count). The molecule has 5 N–H and O–H groups in total. The van der Waals surface area contributed by atoms with E-state index in [2.05, 4.69) is 10.6 Å². The van der Waals surface area contributed by atoms with Crippen LogP contribution < -0.4 is 10.6 Å². The Hall–Kier alpha value is -0.690. The van der Waals surface area contributed by atoms with Gasteiger partial charge < -0.3 is 26.0 Å². The van der Waals surface area contributed by atoms with Crippen LogP contribution in [0, 0.1) is 5.92 Å². The summed E-state index contributed by atoms with van der Waals surface area (Å²) < 4.78 is 0. The van der Waals surface area contributed by atoms with Crippen LogP contribution in [0.1, 0.15) is 25.7 Å². The number of carbonyl (C=O) groups excluding carboxylic acids is 1. The van der Waals surface area contributed by atoms with Gasteiger partial charge in [0.25, 0.3) is 0 Å². The summed E-state index contributed by atoms with van der Waals surface area (Å²) in [5, 5.41) is 34.1. The highest BCUT2D eigenvalue weighted by Gasteiger charge is 2.40. The minimum atomic E-state index is -0.983. The molecule has 6 nitrogen and oxygen atoms in total. The first-order chi connectivity index (χ1) is 8.63. The number of rotatable bonds is 4. The molecule has 1 heterocycles. The van der Waals surface area contributed by atoms with Gasteiger partial charge in [0.05, 0.1) is 30.9 Å². The number of carbonyl (C=O) groups is 1. The van der Waals surface area contributed by atoms with Gasteiger partial charge in [-0.2, -0.15) is 0 Å². The zero-order valence-electron chi connectivity index (χ0n) is 10.4. The average molecular weight is 258 g/mol. The van der Waals surface area contributed by atoms with E-state index in [1.54, 1.807) is 0 Å². The molecule has 2 aliphatic rings. The van der Waals surface area contributed by atoms with Gasteiger partial charge in [0.2, 0.25) is 5.91 Å². The highest BCUT2D eigenvalue weighted by atomic mass is 16.3. The lowest BCUT2D eigenvalue weighted by Gasteiger charge is -2.18. The molecule has 0 unspecified atom stereocenters. The normalized spacial score (nSPS) is 37.1. The van der Waals surface area contributed by atoms with Crippen LogP contribution in [-0.2, 0) is 4.79 Å². The Balaban J connectivity index is 1.78. The van der Waals surface area contributed by atoms with E-state index in [1.165, 1.54) is 0 Å². The maximum Gasteiger partial charge on any atom is 0.223 e. The van der Waals surface area contributed by atoms with Crippen LogP contribution in [0.25, 0.3) is 0 Å². The van der Waals surface area contributed by atoms with Gasteiger partial charge in [-0.15, -0.1) is 0 Å². The molecular weight excluding hydrogens is 236 g/mol. The summed E-state index contributed by atoms with van der Waals surface area (Å²) in [4.78, 5) is 11.8. The summed E-state index contributed by atoms with van der Waals surface area (Å²) in [6, 6.07) is -0.920. The monoisotopic (exact) mass is 258 g/mol. The Morgan fingerprint density at radius 1 is 1.17 bits per heavy atom. The van der Waals surface area contributed by atoms with Gasteiger partial charge in [0, 0.05) is 12.5 Å². The van der Waals surface area contributed by atoms with Crippen LogP contribution in [0.2, 0.25) is 0 Å². The Morgan fingerprint density at radius 2 is 1.78 bits per heavy atom. The molecule has 2 fully saturated rings. The zero-order chi connectivity index (χ0) is 13.1. The summed E-state index contributed by atoms with van der Waals surface area (Å²) in [7, 11) is 0. The highest BCUT2D eigenvalue weighted by Crippen LogP contribution is 2.24. The molecule has 0 bridgehead atoms. The third-order valence-electron chi connectivity index (χ3n) is 4.02. The van der Waals surface area contributed by atoms with E-state index in [0.717, 1.165) is 25.7 Å². The number of aliphatic hydroxyl groups is 3. The predicted molar refractivity (Wildman–Crippen MR) is 64.8 cm³/mol. The number of aliphatic hydroxyl groups excluding tert-OH is 3. The molecule has 6 heteroatoms. The third kappa shape index (κ3) is 2.83. The van der Waals surface area contributed by atoms with Crippen molar-refractivity contribution in [1.82, 2.24) is 10.6 Å². The molecule has 1 amide bonds. The molecule has 0 aromatic heterocycles. The lowest BCUT2D eigenvalue weighted by molar-refractivity contribution is -0.125.